The molecule has 0 spiro atoms. The number of aryl methyl sites for hydroxylation is 1. The van der Waals surface area contributed by atoms with Crippen LogP contribution in [0.15, 0.2) is 29.6 Å². The Morgan fingerprint density at radius 1 is 1.45 bits per heavy atom. The Morgan fingerprint density at radius 2 is 2.25 bits per heavy atom. The molecule has 1 amide bonds. The summed E-state index contributed by atoms with van der Waals surface area (Å²) in [5.74, 6) is 0.344. The summed E-state index contributed by atoms with van der Waals surface area (Å²) in [5.41, 5.74) is 1.000. The molecule has 2 rings (SSSR count). The summed E-state index contributed by atoms with van der Waals surface area (Å²) in [6.45, 7) is 2.47. The van der Waals surface area contributed by atoms with Gasteiger partial charge in [0.2, 0.25) is 0 Å². The van der Waals surface area contributed by atoms with E-state index in [1.807, 2.05) is 24.4 Å². The van der Waals surface area contributed by atoms with Crippen molar-refractivity contribution in [3.8, 4) is 5.75 Å². The van der Waals surface area contributed by atoms with Gasteiger partial charge in [-0.3, -0.25) is 4.79 Å². The highest BCUT2D eigenvalue weighted by Crippen LogP contribution is 2.22. The van der Waals surface area contributed by atoms with Gasteiger partial charge >= 0.3 is 0 Å². The van der Waals surface area contributed by atoms with E-state index < -0.39 is 0 Å². The van der Waals surface area contributed by atoms with Crippen LogP contribution in [0.3, 0.4) is 0 Å². The Kier molecular flexibility index (Phi) is 5.38. The molecule has 0 radical (unpaired) electrons. The van der Waals surface area contributed by atoms with E-state index in [0.717, 1.165) is 17.1 Å². The molecule has 0 unspecified atom stereocenters. The molecule has 1 heterocycles. The van der Waals surface area contributed by atoms with Gasteiger partial charge < -0.3 is 10.1 Å². The number of nitrogens with zero attached hydrogens (tertiary/aromatic N) is 1. The average Bonchev–Trinajstić information content (AvgIpc) is 2.83. The van der Waals surface area contributed by atoms with Gasteiger partial charge in [0.15, 0.2) is 6.61 Å². The number of rotatable bonds is 6. The van der Waals surface area contributed by atoms with Crippen LogP contribution in [0.1, 0.15) is 10.7 Å². The van der Waals surface area contributed by atoms with Crippen molar-refractivity contribution >= 4 is 28.8 Å². The number of carbonyl (C=O) groups is 1. The number of hydrogen-bond donors (Lipinski definition) is 1. The van der Waals surface area contributed by atoms with Gasteiger partial charge in [-0.05, 0) is 19.1 Å². The van der Waals surface area contributed by atoms with Gasteiger partial charge in [0.05, 0.1) is 15.7 Å². The lowest BCUT2D eigenvalue weighted by Gasteiger charge is -2.08. The van der Waals surface area contributed by atoms with E-state index in [-0.39, 0.29) is 12.5 Å². The number of halogens is 1. The van der Waals surface area contributed by atoms with Crippen molar-refractivity contribution in [3.63, 3.8) is 0 Å². The first-order chi connectivity index (χ1) is 9.65. The van der Waals surface area contributed by atoms with Gasteiger partial charge in [-0.2, -0.15) is 0 Å². The van der Waals surface area contributed by atoms with E-state index in [1.54, 1.807) is 23.5 Å². The van der Waals surface area contributed by atoms with Crippen LogP contribution in [0.4, 0.5) is 0 Å². The Bertz CT molecular complexity index is 586. The van der Waals surface area contributed by atoms with Crippen LogP contribution in [0.5, 0.6) is 5.75 Å². The first-order valence-electron chi connectivity index (χ1n) is 6.20. The van der Waals surface area contributed by atoms with Crippen LogP contribution in [-0.2, 0) is 11.2 Å². The number of thiazole rings is 1. The number of para-hydroxylation sites is 1. The highest BCUT2D eigenvalue weighted by Gasteiger charge is 2.05. The third kappa shape index (κ3) is 4.51. The number of carbonyl (C=O) groups excluding carboxylic acids is 1. The van der Waals surface area contributed by atoms with Crippen molar-refractivity contribution in [2.45, 2.75) is 13.3 Å². The van der Waals surface area contributed by atoms with Crippen LogP contribution in [0, 0.1) is 6.92 Å². The normalized spacial score (nSPS) is 10.3. The van der Waals surface area contributed by atoms with Gasteiger partial charge in [0.25, 0.3) is 5.91 Å². The molecule has 0 saturated carbocycles. The molecular weight excluding hydrogens is 296 g/mol. The molecule has 4 nitrogen and oxygen atoms in total. The molecule has 0 atom stereocenters. The molecule has 106 valence electrons. The maximum atomic E-state index is 11.6. The minimum Gasteiger partial charge on any atom is -0.482 e. The summed E-state index contributed by atoms with van der Waals surface area (Å²) in [6, 6.07) is 7.07. The fourth-order valence-corrected chi connectivity index (χ4v) is 2.45. The number of aromatic nitrogens is 1. The van der Waals surface area contributed by atoms with Crippen molar-refractivity contribution in [2.24, 2.45) is 0 Å². The third-order valence-electron chi connectivity index (χ3n) is 2.57. The van der Waals surface area contributed by atoms with Gasteiger partial charge in [-0.1, -0.05) is 23.7 Å². The van der Waals surface area contributed by atoms with Crippen molar-refractivity contribution < 1.29 is 9.53 Å². The Balaban J connectivity index is 1.69. The van der Waals surface area contributed by atoms with Crippen molar-refractivity contribution in [3.05, 3.63) is 45.4 Å². The maximum absolute atomic E-state index is 11.6. The summed E-state index contributed by atoms with van der Waals surface area (Å²) < 4.78 is 5.35. The number of amides is 1. The topological polar surface area (TPSA) is 51.2 Å². The predicted octanol–water partition coefficient (Wildman–Crippen LogP) is 2.84. The van der Waals surface area contributed by atoms with E-state index in [4.69, 9.17) is 16.3 Å². The second-order valence-corrected chi connectivity index (χ2v) is 5.65. The van der Waals surface area contributed by atoms with Gasteiger partial charge in [-0.25, -0.2) is 4.98 Å². The van der Waals surface area contributed by atoms with Gasteiger partial charge in [0.1, 0.15) is 5.75 Å². The summed E-state index contributed by atoms with van der Waals surface area (Å²) in [5, 5.41) is 6.32. The summed E-state index contributed by atoms with van der Waals surface area (Å²) in [7, 11) is 0. The monoisotopic (exact) mass is 310 g/mol. The zero-order chi connectivity index (χ0) is 14.4. The average molecular weight is 311 g/mol. The summed E-state index contributed by atoms with van der Waals surface area (Å²) in [4.78, 5) is 16.0. The van der Waals surface area contributed by atoms with E-state index in [9.17, 15) is 4.79 Å². The number of nitrogens with one attached hydrogen (secondary N) is 1. The second-order valence-electron chi connectivity index (χ2n) is 4.18. The first kappa shape index (κ1) is 14.8. The fraction of sp³-hybridized carbons (Fsp3) is 0.286. The van der Waals surface area contributed by atoms with E-state index in [2.05, 4.69) is 10.3 Å². The van der Waals surface area contributed by atoms with Crippen LogP contribution in [0.25, 0.3) is 0 Å². The molecule has 0 aliphatic heterocycles. The fourth-order valence-electron chi connectivity index (χ4n) is 1.61. The second kappa shape index (κ2) is 7.26. The minimum absolute atomic E-state index is 0.0418. The largest absolute Gasteiger partial charge is 0.482 e. The number of hydrogen-bond acceptors (Lipinski definition) is 4. The standard InChI is InChI=1S/C14H15ClN2O2S/c1-10-17-11(9-20-10)6-7-16-14(18)8-19-13-5-3-2-4-12(13)15/h2-5,9H,6-8H2,1H3,(H,16,18). The van der Waals surface area contributed by atoms with Gasteiger partial charge in [0, 0.05) is 18.3 Å². The Labute approximate surface area is 126 Å². The summed E-state index contributed by atoms with van der Waals surface area (Å²) >= 11 is 7.54. The molecule has 2 aromatic rings. The molecule has 6 heteroatoms. The molecule has 0 fully saturated rings. The molecule has 20 heavy (non-hydrogen) atoms. The maximum Gasteiger partial charge on any atom is 0.257 e. The highest BCUT2D eigenvalue weighted by atomic mass is 35.5. The quantitative estimate of drug-likeness (QED) is 0.892. The smallest absolute Gasteiger partial charge is 0.257 e. The van der Waals surface area contributed by atoms with Crippen LogP contribution in [-0.4, -0.2) is 24.0 Å². The zero-order valence-corrected chi connectivity index (χ0v) is 12.6. The molecule has 0 saturated heterocycles. The third-order valence-corrected chi connectivity index (χ3v) is 3.70. The van der Waals surface area contributed by atoms with E-state index >= 15 is 0 Å². The van der Waals surface area contributed by atoms with Crippen molar-refractivity contribution in [2.75, 3.05) is 13.2 Å². The van der Waals surface area contributed by atoms with Crippen LogP contribution >= 0.6 is 22.9 Å². The first-order valence-corrected chi connectivity index (χ1v) is 7.46. The number of ether oxygens (including phenoxy) is 1. The highest BCUT2D eigenvalue weighted by molar-refractivity contribution is 7.09. The molecule has 0 aliphatic carbocycles. The Hall–Kier alpha value is -1.59. The molecule has 0 bridgehead atoms. The predicted molar refractivity (Wildman–Crippen MR) is 80.5 cm³/mol. The lowest BCUT2D eigenvalue weighted by atomic mass is 10.3. The zero-order valence-electron chi connectivity index (χ0n) is 11.1. The van der Waals surface area contributed by atoms with Crippen LogP contribution in [0.2, 0.25) is 5.02 Å². The molecule has 0 aliphatic rings. The molecular formula is C14H15ClN2O2S. The summed E-state index contributed by atoms with van der Waals surface area (Å²) in [6.07, 6.45) is 0.724. The van der Waals surface area contributed by atoms with Gasteiger partial charge in [-0.15, -0.1) is 11.3 Å². The van der Waals surface area contributed by atoms with E-state index in [1.165, 1.54) is 0 Å². The molecule has 1 aromatic heterocycles. The Morgan fingerprint density at radius 3 is 2.95 bits per heavy atom. The van der Waals surface area contributed by atoms with Crippen LogP contribution < -0.4 is 10.1 Å². The van der Waals surface area contributed by atoms with Crippen molar-refractivity contribution in [1.29, 1.82) is 0 Å². The SMILES string of the molecule is Cc1nc(CCNC(=O)COc2ccccc2Cl)cs1. The van der Waals surface area contributed by atoms with Crippen molar-refractivity contribution in [1.82, 2.24) is 10.3 Å². The number of benzene rings is 1. The lowest BCUT2D eigenvalue weighted by Crippen LogP contribution is -2.30. The minimum atomic E-state index is -0.170. The van der Waals surface area contributed by atoms with E-state index in [0.29, 0.717) is 17.3 Å². The lowest BCUT2D eigenvalue weighted by molar-refractivity contribution is -0.123. The molecule has 1 aromatic carbocycles. The molecule has 1 N–H and O–H groups in total.